The van der Waals surface area contributed by atoms with E-state index in [2.05, 4.69) is 215 Å². The van der Waals surface area contributed by atoms with Crippen LogP contribution in [0.15, 0.2) is 194 Å². The molecule has 0 saturated carbocycles. The summed E-state index contributed by atoms with van der Waals surface area (Å²) in [5.41, 5.74) is 0. The van der Waals surface area contributed by atoms with Crippen molar-refractivity contribution < 1.29 is 75.8 Å². The van der Waals surface area contributed by atoms with E-state index in [4.69, 9.17) is 32.3 Å². The Morgan fingerprint density at radius 1 is 0.221 bits per heavy atom. The fourth-order valence-electron chi connectivity index (χ4n) is 14.4. The molecule has 0 fully saturated rings. The molecule has 0 aromatic rings. The van der Waals surface area contributed by atoms with Gasteiger partial charge in [-0.2, -0.15) is 0 Å². The molecule has 0 bridgehead atoms. The van der Waals surface area contributed by atoms with E-state index in [0.29, 0.717) is 19.3 Å². The summed E-state index contributed by atoms with van der Waals surface area (Å²) >= 11 is 0. The molecule has 0 aliphatic carbocycles. The molecule has 5 unspecified atom stereocenters. The lowest BCUT2D eigenvalue weighted by Crippen LogP contribution is -2.30. The van der Waals surface area contributed by atoms with Crippen molar-refractivity contribution in [1.82, 2.24) is 0 Å². The van der Waals surface area contributed by atoms with Gasteiger partial charge in [0.15, 0.2) is 6.10 Å². The lowest BCUT2D eigenvalue weighted by atomic mass is 10.0. The maximum absolute atomic E-state index is 13.1. The highest BCUT2D eigenvalue weighted by Crippen LogP contribution is 2.45. The smallest absolute Gasteiger partial charge is 0.463 e. The Morgan fingerprint density at radius 3 is 0.641 bits per heavy atom. The summed E-state index contributed by atoms with van der Waals surface area (Å²) in [6, 6.07) is 0. The number of allylic oxidation sites excluding steroid dienone is 32. The molecule has 0 radical (unpaired) electrons. The van der Waals surface area contributed by atoms with Crippen molar-refractivity contribution in [2.45, 2.75) is 463 Å². The Balaban J connectivity index is 4.63. The predicted molar refractivity (Wildman–Crippen MR) is 555 cm³/mol. The van der Waals surface area contributed by atoms with Gasteiger partial charge in [0.1, 0.15) is 25.4 Å². The second-order valence-electron chi connectivity index (χ2n) is 34.9. The molecule has 0 spiro atoms. The summed E-state index contributed by atoms with van der Waals surface area (Å²) < 4.78 is 61.8. The van der Waals surface area contributed by atoms with E-state index in [1.54, 1.807) is 0 Å². The van der Waals surface area contributed by atoms with Crippen LogP contribution in [0.25, 0.3) is 0 Å². The fourth-order valence-corrected chi connectivity index (χ4v) is 16.0. The average molecular weight is 1870 g/mol. The standard InChI is InChI=1S/C113H192O16P2/c1-4-7-10-13-16-19-22-25-28-31-34-37-40-43-46-49-51-53-55-58-60-63-66-69-72-75-78-81-84-87-90-93-96-99-111(116)123-102-108(114)103-125-130(119,120)126-104-109(115)105-127-131(121,122)128-107-110(129-113(118)101-98-95-92-89-86-83-80-77-74-71-68-65-62-57-48-45-42-39-36-33-30-27-24-21-18-15-12-9-6-3)106-124-112(117)100-97-94-91-88-85-82-79-76-73-70-67-64-61-59-56-54-52-50-47-44-41-38-35-32-29-26-23-20-17-14-11-8-5-2/h7,9-10,12,16-21,25-30,34-39,43-48,51,53,62,65,108-110,114-115H,4-6,8,11,13-15,22-24,31-33,40-42,49-50,52,54-61,63-64,66-107H2,1-3H3,(H,119,120)(H,121,122)/b10-7-,12-9-,19-16-,20-17-,21-18-,28-25-,29-26-,30-27-,37-34-,38-35-,39-36-,46-43-,47-44-,48-45-,53-51-,65-62-. The largest absolute Gasteiger partial charge is 0.472 e. The Kier molecular flexibility index (Phi) is 98.9. The number of ether oxygens (including phenoxy) is 3. The zero-order chi connectivity index (χ0) is 95.0. The van der Waals surface area contributed by atoms with Crippen LogP contribution in [0.1, 0.15) is 445 Å². The van der Waals surface area contributed by atoms with Gasteiger partial charge in [-0.1, -0.05) is 453 Å². The first-order valence-electron chi connectivity index (χ1n) is 52.7. The lowest BCUT2D eigenvalue weighted by molar-refractivity contribution is -0.161. The number of phosphoric ester groups is 2. The molecule has 750 valence electrons. The van der Waals surface area contributed by atoms with Crippen LogP contribution in [0.2, 0.25) is 0 Å². The van der Waals surface area contributed by atoms with Crippen LogP contribution < -0.4 is 0 Å². The molecule has 16 nitrogen and oxygen atoms in total. The number of carbonyl (C=O) groups excluding carboxylic acids is 3. The molecule has 0 amide bonds. The van der Waals surface area contributed by atoms with Gasteiger partial charge in [-0.25, -0.2) is 9.13 Å². The summed E-state index contributed by atoms with van der Waals surface area (Å²) in [4.78, 5) is 59.3. The third-order valence-corrected chi connectivity index (χ3v) is 24.2. The molecule has 4 N–H and O–H groups in total. The van der Waals surface area contributed by atoms with E-state index in [1.165, 1.54) is 212 Å². The van der Waals surface area contributed by atoms with Crippen molar-refractivity contribution in [3.63, 3.8) is 0 Å². The van der Waals surface area contributed by atoms with Crippen LogP contribution in [-0.4, -0.2) is 95.9 Å². The van der Waals surface area contributed by atoms with Crippen molar-refractivity contribution in [2.75, 3.05) is 39.6 Å². The summed E-state index contributed by atoms with van der Waals surface area (Å²) in [6.45, 7) is 2.49. The van der Waals surface area contributed by atoms with Gasteiger partial charge in [-0.15, -0.1) is 0 Å². The van der Waals surface area contributed by atoms with Crippen molar-refractivity contribution in [3.8, 4) is 0 Å². The molecular weight excluding hydrogens is 1680 g/mol. The normalized spacial score (nSPS) is 14.4. The number of hydrogen-bond acceptors (Lipinski definition) is 14. The number of esters is 3. The summed E-state index contributed by atoms with van der Waals surface area (Å²) in [5.74, 6) is -1.57. The molecule has 18 heteroatoms. The number of hydrogen-bond donors (Lipinski definition) is 4. The van der Waals surface area contributed by atoms with Gasteiger partial charge in [-0.3, -0.25) is 32.5 Å². The molecule has 0 aromatic carbocycles. The van der Waals surface area contributed by atoms with E-state index >= 15 is 0 Å². The average Bonchev–Trinajstić information content (AvgIpc) is 0.899. The molecule has 0 rings (SSSR count). The number of rotatable bonds is 99. The van der Waals surface area contributed by atoms with Crippen molar-refractivity contribution in [2.24, 2.45) is 0 Å². The minimum absolute atomic E-state index is 0.0950. The number of aliphatic hydroxyl groups excluding tert-OH is 2. The lowest BCUT2D eigenvalue weighted by Gasteiger charge is -2.21. The van der Waals surface area contributed by atoms with Crippen molar-refractivity contribution in [1.29, 1.82) is 0 Å². The monoisotopic (exact) mass is 1870 g/mol. The Morgan fingerprint density at radius 2 is 0.405 bits per heavy atom. The van der Waals surface area contributed by atoms with Crippen LogP contribution in [0.5, 0.6) is 0 Å². The highest BCUT2D eigenvalue weighted by atomic mass is 31.2. The second-order valence-corrected chi connectivity index (χ2v) is 37.8. The third-order valence-electron chi connectivity index (χ3n) is 22.3. The Bertz CT molecular complexity index is 3160. The maximum atomic E-state index is 13.1. The number of phosphoric acid groups is 2. The van der Waals surface area contributed by atoms with Crippen LogP contribution in [0, 0.1) is 0 Å². The minimum Gasteiger partial charge on any atom is -0.463 e. The van der Waals surface area contributed by atoms with Gasteiger partial charge in [-0.05, 0) is 167 Å². The first kappa shape index (κ1) is 125. The predicted octanol–water partition coefficient (Wildman–Crippen LogP) is 33.7. The van der Waals surface area contributed by atoms with Crippen LogP contribution in [0.3, 0.4) is 0 Å². The topological polar surface area (TPSA) is 231 Å². The van der Waals surface area contributed by atoms with E-state index < -0.39 is 91.5 Å². The number of aliphatic hydroxyl groups is 2. The molecule has 0 heterocycles. The van der Waals surface area contributed by atoms with Crippen LogP contribution in [0.4, 0.5) is 0 Å². The number of carbonyl (C=O) groups is 3. The third kappa shape index (κ3) is 105. The minimum atomic E-state index is -4.95. The van der Waals surface area contributed by atoms with Gasteiger partial charge in [0.05, 0.1) is 26.4 Å². The summed E-state index contributed by atoms with van der Waals surface area (Å²) in [6.07, 6.45) is 139. The molecule has 0 aliphatic heterocycles. The molecule has 0 aliphatic rings. The summed E-state index contributed by atoms with van der Waals surface area (Å²) in [7, 11) is -9.83. The molecule has 5 atom stereocenters. The van der Waals surface area contributed by atoms with Crippen LogP contribution >= 0.6 is 15.6 Å². The maximum Gasteiger partial charge on any atom is 0.472 e. The SMILES string of the molecule is CC/C=C\C/C=C\C/C=C\C/C=C\C/C=C\C/C=C\CCCCCCCCCCCCCCCCC(=O)OCC(O)COP(=O)(O)OCC(O)COP(=O)(O)OCC(COC(=O)CCCCCCCCCCCCCCCCCCC/C=C\C/C=C\C/C=C\C/C=C\CCCCC)OC(=O)CCCCCCCCCCCC/C=C\C/C=C\C/C=C\C/C=C\C/C=C\C/C=C\CC. The van der Waals surface area contributed by atoms with Gasteiger partial charge in [0, 0.05) is 19.3 Å². The first-order valence-corrected chi connectivity index (χ1v) is 55.7. The quantitative estimate of drug-likeness (QED) is 0.0146. The second kappa shape index (κ2) is 103. The van der Waals surface area contributed by atoms with E-state index in [-0.39, 0.29) is 19.3 Å². The zero-order valence-electron chi connectivity index (χ0n) is 83.2. The first-order chi connectivity index (χ1) is 64.2. The molecular formula is C113H192O16P2. The van der Waals surface area contributed by atoms with Crippen LogP contribution in [-0.2, 0) is 55.8 Å². The molecule has 131 heavy (non-hydrogen) atoms. The zero-order valence-corrected chi connectivity index (χ0v) is 85.0. The van der Waals surface area contributed by atoms with E-state index in [9.17, 15) is 43.5 Å². The van der Waals surface area contributed by atoms with Gasteiger partial charge < -0.3 is 34.2 Å². The van der Waals surface area contributed by atoms with E-state index in [0.717, 1.165) is 173 Å². The number of unbranched alkanes of at least 4 members (excludes halogenated alkanes) is 44. The molecule has 0 aromatic heterocycles. The highest BCUT2D eigenvalue weighted by molar-refractivity contribution is 7.47. The van der Waals surface area contributed by atoms with Gasteiger partial charge in [0.25, 0.3) is 0 Å². The van der Waals surface area contributed by atoms with Crippen molar-refractivity contribution in [3.05, 3.63) is 194 Å². The van der Waals surface area contributed by atoms with Crippen molar-refractivity contribution >= 4 is 33.6 Å². The fraction of sp³-hybridized carbons (Fsp3) is 0.690. The highest BCUT2D eigenvalue weighted by Gasteiger charge is 2.30. The Hall–Kier alpha value is -5.61. The van der Waals surface area contributed by atoms with E-state index in [1.807, 2.05) is 0 Å². The summed E-state index contributed by atoms with van der Waals surface area (Å²) in [5, 5.41) is 20.8. The van der Waals surface area contributed by atoms with Gasteiger partial charge >= 0.3 is 33.6 Å². The van der Waals surface area contributed by atoms with Gasteiger partial charge in [0.2, 0.25) is 0 Å². The molecule has 0 saturated heterocycles. The Labute approximate surface area is 801 Å².